The second-order valence-corrected chi connectivity index (χ2v) is 9.73. The summed E-state index contributed by atoms with van der Waals surface area (Å²) in [5.74, 6) is 1.01. The molecule has 1 aromatic rings. The van der Waals surface area contributed by atoms with Crippen molar-refractivity contribution in [3.05, 3.63) is 17.5 Å². The predicted molar refractivity (Wildman–Crippen MR) is 93.6 cm³/mol. The maximum atomic E-state index is 12.8. The molecule has 2 atom stereocenters. The molecule has 2 aliphatic rings. The Bertz CT molecular complexity index is 728. The minimum atomic E-state index is -3.26. The molecule has 2 fully saturated rings. The van der Waals surface area contributed by atoms with Crippen molar-refractivity contribution >= 4 is 15.9 Å². The van der Waals surface area contributed by atoms with E-state index < -0.39 is 10.0 Å². The summed E-state index contributed by atoms with van der Waals surface area (Å²) < 4.78 is 32.3. The molecule has 7 nitrogen and oxygen atoms in total. The molecular formula is C17H27N3O4S. The van der Waals surface area contributed by atoms with Gasteiger partial charge in [0.15, 0.2) is 5.69 Å². The first-order chi connectivity index (χ1) is 11.8. The fraction of sp³-hybridized carbons (Fsp3) is 0.765. The lowest BCUT2D eigenvalue weighted by molar-refractivity contribution is 0.0748. The summed E-state index contributed by atoms with van der Waals surface area (Å²) in [5.41, 5.74) is 0.297. The predicted octanol–water partition coefficient (Wildman–Crippen LogP) is 1.90. The van der Waals surface area contributed by atoms with Crippen molar-refractivity contribution in [2.24, 2.45) is 11.8 Å². The standard InChI is InChI=1S/C17H27N3O4S/c1-12(2)4-9-20-11-14-5-7-19(8-6-16(14)25(20,22)23)17(21)15-10-13(3)24-18-15/h10,12,14,16H,4-9,11H2,1-3H3/t14-,16+/m0/s1. The number of nitrogens with zero attached hydrogens (tertiary/aromatic N) is 3. The van der Waals surface area contributed by atoms with Gasteiger partial charge in [-0.2, -0.15) is 0 Å². The van der Waals surface area contributed by atoms with E-state index in [1.54, 1.807) is 22.2 Å². The zero-order valence-electron chi connectivity index (χ0n) is 15.1. The SMILES string of the molecule is Cc1cc(C(=O)N2CC[C@H]3CN(CCC(C)C)S(=O)(=O)[C@@H]3CC2)no1. The molecule has 0 bridgehead atoms. The van der Waals surface area contributed by atoms with Crippen molar-refractivity contribution in [2.75, 3.05) is 26.2 Å². The molecule has 1 amide bonds. The highest BCUT2D eigenvalue weighted by Crippen LogP contribution is 2.34. The first-order valence-electron chi connectivity index (χ1n) is 9.00. The van der Waals surface area contributed by atoms with Crippen LogP contribution in [0.3, 0.4) is 0 Å². The van der Waals surface area contributed by atoms with Gasteiger partial charge in [0, 0.05) is 32.2 Å². The summed E-state index contributed by atoms with van der Waals surface area (Å²) in [6.07, 6.45) is 2.09. The van der Waals surface area contributed by atoms with Crippen LogP contribution in [-0.2, 0) is 10.0 Å². The molecule has 2 saturated heterocycles. The minimum Gasteiger partial charge on any atom is -0.361 e. The van der Waals surface area contributed by atoms with Crippen LogP contribution in [0.2, 0.25) is 0 Å². The molecular weight excluding hydrogens is 342 g/mol. The molecule has 25 heavy (non-hydrogen) atoms. The second kappa shape index (κ2) is 7.07. The van der Waals surface area contributed by atoms with Crippen LogP contribution in [0.5, 0.6) is 0 Å². The molecule has 0 saturated carbocycles. The van der Waals surface area contributed by atoms with Crippen molar-refractivity contribution in [1.29, 1.82) is 0 Å². The number of fused-ring (bicyclic) bond motifs is 1. The van der Waals surface area contributed by atoms with Crippen LogP contribution in [0, 0.1) is 18.8 Å². The zero-order chi connectivity index (χ0) is 18.2. The van der Waals surface area contributed by atoms with Crippen LogP contribution in [0.15, 0.2) is 10.6 Å². The molecule has 0 spiro atoms. The molecule has 2 aliphatic heterocycles. The van der Waals surface area contributed by atoms with E-state index in [0.717, 1.165) is 6.42 Å². The summed E-state index contributed by atoms with van der Waals surface area (Å²) in [6.45, 7) is 8.17. The molecule has 140 valence electrons. The molecule has 3 heterocycles. The monoisotopic (exact) mass is 369 g/mol. The Hall–Kier alpha value is -1.41. The highest BCUT2D eigenvalue weighted by molar-refractivity contribution is 7.90. The fourth-order valence-electron chi connectivity index (χ4n) is 3.75. The van der Waals surface area contributed by atoms with Crippen LogP contribution in [0.1, 0.15) is 49.4 Å². The number of aromatic nitrogens is 1. The van der Waals surface area contributed by atoms with E-state index in [2.05, 4.69) is 19.0 Å². The van der Waals surface area contributed by atoms with Gasteiger partial charge in [0.05, 0.1) is 5.25 Å². The van der Waals surface area contributed by atoms with E-state index in [1.807, 2.05) is 0 Å². The average molecular weight is 369 g/mol. The van der Waals surface area contributed by atoms with E-state index in [0.29, 0.717) is 56.4 Å². The quantitative estimate of drug-likeness (QED) is 0.809. The van der Waals surface area contributed by atoms with Gasteiger partial charge in [-0.15, -0.1) is 0 Å². The van der Waals surface area contributed by atoms with E-state index in [4.69, 9.17) is 4.52 Å². The third kappa shape index (κ3) is 3.74. The Balaban J connectivity index is 1.67. The third-order valence-corrected chi connectivity index (χ3v) is 7.69. The number of aryl methyl sites for hydroxylation is 1. The van der Waals surface area contributed by atoms with Crippen molar-refractivity contribution < 1.29 is 17.7 Å². The Labute approximate surface area is 149 Å². The van der Waals surface area contributed by atoms with Crippen molar-refractivity contribution in [3.63, 3.8) is 0 Å². The summed E-state index contributed by atoms with van der Waals surface area (Å²) in [6, 6.07) is 1.62. The second-order valence-electron chi connectivity index (χ2n) is 7.58. The van der Waals surface area contributed by atoms with Gasteiger partial charge in [-0.25, -0.2) is 12.7 Å². The van der Waals surface area contributed by atoms with Gasteiger partial charge in [0.25, 0.3) is 5.91 Å². The van der Waals surface area contributed by atoms with Gasteiger partial charge >= 0.3 is 0 Å². The van der Waals surface area contributed by atoms with Crippen LogP contribution >= 0.6 is 0 Å². The number of likely N-dealkylation sites (tertiary alicyclic amines) is 1. The number of sulfonamides is 1. The van der Waals surface area contributed by atoms with Crippen LogP contribution in [0.4, 0.5) is 0 Å². The average Bonchev–Trinajstić information content (AvgIpc) is 2.98. The summed E-state index contributed by atoms with van der Waals surface area (Å²) in [5, 5.41) is 3.42. The van der Waals surface area contributed by atoms with Crippen LogP contribution in [-0.4, -0.2) is 60.1 Å². The summed E-state index contributed by atoms with van der Waals surface area (Å²) >= 11 is 0. The normalized spacial score (nSPS) is 26.6. The van der Waals surface area contributed by atoms with Gasteiger partial charge in [-0.05, 0) is 38.0 Å². The number of carbonyl (C=O) groups excluding carboxylic acids is 1. The van der Waals surface area contributed by atoms with E-state index in [1.165, 1.54) is 0 Å². The highest BCUT2D eigenvalue weighted by Gasteiger charge is 2.47. The van der Waals surface area contributed by atoms with E-state index in [9.17, 15) is 13.2 Å². The van der Waals surface area contributed by atoms with Gasteiger partial charge in [-0.3, -0.25) is 4.79 Å². The lowest BCUT2D eigenvalue weighted by atomic mass is 10.0. The van der Waals surface area contributed by atoms with E-state index >= 15 is 0 Å². The van der Waals surface area contributed by atoms with Gasteiger partial charge in [0.1, 0.15) is 5.76 Å². The number of hydrogen-bond donors (Lipinski definition) is 0. The molecule has 3 rings (SSSR count). The number of rotatable bonds is 4. The lowest BCUT2D eigenvalue weighted by Crippen LogP contribution is -2.35. The Kier molecular flexibility index (Phi) is 5.20. The Morgan fingerprint density at radius 3 is 2.72 bits per heavy atom. The van der Waals surface area contributed by atoms with Gasteiger partial charge in [0.2, 0.25) is 10.0 Å². The van der Waals surface area contributed by atoms with Crippen LogP contribution in [0.25, 0.3) is 0 Å². The smallest absolute Gasteiger partial charge is 0.276 e. The zero-order valence-corrected chi connectivity index (χ0v) is 16.0. The Morgan fingerprint density at radius 1 is 1.36 bits per heavy atom. The summed E-state index contributed by atoms with van der Waals surface area (Å²) in [7, 11) is -3.26. The third-order valence-electron chi connectivity index (χ3n) is 5.25. The molecule has 0 radical (unpaired) electrons. The molecule has 1 aromatic heterocycles. The van der Waals surface area contributed by atoms with Crippen molar-refractivity contribution in [3.8, 4) is 0 Å². The minimum absolute atomic E-state index is 0.106. The summed E-state index contributed by atoms with van der Waals surface area (Å²) in [4.78, 5) is 14.2. The maximum absolute atomic E-state index is 12.8. The van der Waals surface area contributed by atoms with Gasteiger partial charge in [-0.1, -0.05) is 19.0 Å². The van der Waals surface area contributed by atoms with E-state index in [-0.39, 0.29) is 17.1 Å². The number of amides is 1. The molecule has 0 aliphatic carbocycles. The molecule has 0 aromatic carbocycles. The number of carbonyl (C=O) groups is 1. The first-order valence-corrected chi connectivity index (χ1v) is 10.5. The van der Waals surface area contributed by atoms with Crippen molar-refractivity contribution in [2.45, 2.75) is 45.3 Å². The van der Waals surface area contributed by atoms with Crippen LogP contribution < -0.4 is 0 Å². The Morgan fingerprint density at radius 2 is 2.08 bits per heavy atom. The van der Waals surface area contributed by atoms with Gasteiger partial charge < -0.3 is 9.42 Å². The fourth-order valence-corrected chi connectivity index (χ4v) is 6.00. The van der Waals surface area contributed by atoms with Crippen molar-refractivity contribution in [1.82, 2.24) is 14.4 Å². The molecule has 8 heteroatoms. The largest absolute Gasteiger partial charge is 0.361 e. The topological polar surface area (TPSA) is 83.7 Å². The lowest BCUT2D eigenvalue weighted by Gasteiger charge is -2.21. The molecule has 0 unspecified atom stereocenters. The first kappa shape index (κ1) is 18.4. The molecule has 0 N–H and O–H groups in total. The number of hydrogen-bond acceptors (Lipinski definition) is 5. The maximum Gasteiger partial charge on any atom is 0.276 e. The highest BCUT2D eigenvalue weighted by atomic mass is 32.2.